The number of hydrogen-bond donors (Lipinski definition) is 0. The Balaban J connectivity index is 3.25. The van der Waals surface area contributed by atoms with Crippen molar-refractivity contribution in [3.63, 3.8) is 0 Å². The van der Waals surface area contributed by atoms with E-state index in [0.717, 1.165) is 0 Å². The molecule has 1 aromatic carbocycles. The van der Waals surface area contributed by atoms with E-state index in [1.54, 1.807) is 0 Å². The van der Waals surface area contributed by atoms with Gasteiger partial charge < -0.3 is 0 Å². The van der Waals surface area contributed by atoms with Crippen LogP contribution in [0.2, 0.25) is 0 Å². The van der Waals surface area contributed by atoms with Crippen molar-refractivity contribution in [2.45, 2.75) is 46.5 Å². The summed E-state index contributed by atoms with van der Waals surface area (Å²) in [7, 11) is 0. The highest BCUT2D eigenvalue weighted by molar-refractivity contribution is 5.43. The van der Waals surface area contributed by atoms with Crippen molar-refractivity contribution in [2.75, 3.05) is 0 Å². The maximum Gasteiger partial charge on any atom is -0.0671 e. The Labute approximate surface area is 88.4 Å². The fourth-order valence-corrected chi connectivity index (χ4v) is 1.94. The Kier molecular flexibility index (Phi) is 3.62. The van der Waals surface area contributed by atoms with Crippen LogP contribution in [-0.4, -0.2) is 0 Å². The predicted octanol–water partition coefficient (Wildman–Crippen LogP) is 4.51. The molecule has 0 unspecified atom stereocenters. The van der Waals surface area contributed by atoms with Gasteiger partial charge in [0, 0.05) is 0 Å². The molecule has 0 saturated heterocycles. The van der Waals surface area contributed by atoms with E-state index in [1.165, 1.54) is 16.7 Å². The van der Waals surface area contributed by atoms with Crippen LogP contribution < -0.4 is 0 Å². The lowest BCUT2D eigenvalue weighted by Gasteiger charge is -2.26. The fourth-order valence-electron chi connectivity index (χ4n) is 1.94. The second-order valence-electron chi connectivity index (χ2n) is 4.45. The lowest BCUT2D eigenvalue weighted by molar-refractivity contribution is 0.820. The molecule has 0 radical (unpaired) electrons. The van der Waals surface area contributed by atoms with Crippen LogP contribution in [0.3, 0.4) is 0 Å². The van der Waals surface area contributed by atoms with Crippen LogP contribution in [0, 0.1) is 6.42 Å². The highest BCUT2D eigenvalue weighted by Gasteiger charge is 2.02. The van der Waals surface area contributed by atoms with E-state index in [1.807, 2.05) is 0 Å². The minimum Gasteiger partial charge on any atom is -0.186 e. The van der Waals surface area contributed by atoms with Crippen molar-refractivity contribution in [3.8, 4) is 0 Å². The molecule has 0 atom stereocenters. The summed E-state index contributed by atoms with van der Waals surface area (Å²) in [6, 6.07) is 6.66. The van der Waals surface area contributed by atoms with Gasteiger partial charge in [-0.15, -0.1) is 23.3 Å². The van der Waals surface area contributed by atoms with Crippen molar-refractivity contribution in [3.05, 3.63) is 41.3 Å². The van der Waals surface area contributed by atoms with E-state index in [9.17, 15) is 0 Å². The first-order valence-corrected chi connectivity index (χ1v) is 5.50. The second-order valence-corrected chi connectivity index (χ2v) is 4.45. The SMILES string of the molecule is C[CH-]c1c(C(C)C)cccc1C(C)C. The van der Waals surface area contributed by atoms with Crippen molar-refractivity contribution in [1.29, 1.82) is 0 Å². The van der Waals surface area contributed by atoms with Gasteiger partial charge in [0.15, 0.2) is 0 Å². The lowest BCUT2D eigenvalue weighted by Crippen LogP contribution is -2.00. The summed E-state index contributed by atoms with van der Waals surface area (Å²) in [4.78, 5) is 0. The smallest absolute Gasteiger partial charge is 0.0671 e. The van der Waals surface area contributed by atoms with Gasteiger partial charge in [0.2, 0.25) is 0 Å². The van der Waals surface area contributed by atoms with Gasteiger partial charge in [-0.2, -0.15) is 12.0 Å². The molecule has 0 aromatic heterocycles. The molecule has 0 nitrogen and oxygen atoms in total. The third-order valence-electron chi connectivity index (χ3n) is 2.71. The van der Waals surface area contributed by atoms with Gasteiger partial charge in [0.05, 0.1) is 0 Å². The molecule has 0 heteroatoms. The largest absolute Gasteiger partial charge is 0.186 e. The molecule has 0 N–H and O–H groups in total. The molecule has 0 spiro atoms. The summed E-state index contributed by atoms with van der Waals surface area (Å²) in [5.74, 6) is 1.22. The number of hydrogen-bond acceptors (Lipinski definition) is 0. The Morgan fingerprint density at radius 1 is 0.929 bits per heavy atom. The molecule has 78 valence electrons. The Hall–Kier alpha value is -0.910. The summed E-state index contributed by atoms with van der Waals surface area (Å²) in [5.41, 5.74) is 4.38. The third kappa shape index (κ3) is 2.12. The van der Waals surface area contributed by atoms with Gasteiger partial charge in [-0.3, -0.25) is 0 Å². The van der Waals surface area contributed by atoms with E-state index in [4.69, 9.17) is 0 Å². The second kappa shape index (κ2) is 4.54. The fraction of sp³-hybridized carbons (Fsp3) is 0.500. The molecule has 1 aromatic rings. The first-order chi connectivity index (χ1) is 6.57. The van der Waals surface area contributed by atoms with Crippen molar-refractivity contribution in [1.82, 2.24) is 0 Å². The Bertz CT molecular complexity index is 269. The maximum atomic E-state index is 2.26. The molecule has 0 amide bonds. The molecule has 0 heterocycles. The molecule has 0 aliphatic heterocycles. The molecular weight excluding hydrogens is 168 g/mol. The zero-order valence-electron chi connectivity index (χ0n) is 9.96. The van der Waals surface area contributed by atoms with E-state index >= 15 is 0 Å². The maximum absolute atomic E-state index is 2.26. The minimum atomic E-state index is 0.611. The van der Waals surface area contributed by atoms with E-state index < -0.39 is 0 Å². The Morgan fingerprint density at radius 3 is 1.64 bits per heavy atom. The van der Waals surface area contributed by atoms with E-state index in [2.05, 4.69) is 59.2 Å². The lowest BCUT2D eigenvalue weighted by atomic mass is 9.87. The topological polar surface area (TPSA) is 0 Å². The quantitative estimate of drug-likeness (QED) is 0.614. The first kappa shape index (κ1) is 11.2. The molecule has 0 aliphatic carbocycles. The average Bonchev–Trinajstić information content (AvgIpc) is 2.16. The van der Waals surface area contributed by atoms with Crippen LogP contribution in [0.5, 0.6) is 0 Å². The summed E-state index contributed by atoms with van der Waals surface area (Å²) in [5, 5.41) is 0. The standard InChI is InChI=1S/C14H21/c1-6-12-13(10(2)3)8-7-9-14(12)11(4)5/h6-11H,1-5H3/q-1. The van der Waals surface area contributed by atoms with Crippen LogP contribution in [-0.2, 0) is 0 Å². The van der Waals surface area contributed by atoms with Gasteiger partial charge >= 0.3 is 0 Å². The zero-order valence-corrected chi connectivity index (χ0v) is 9.96. The van der Waals surface area contributed by atoms with Crippen LogP contribution in [0.25, 0.3) is 0 Å². The van der Waals surface area contributed by atoms with Crippen LogP contribution >= 0.6 is 0 Å². The molecule has 0 fully saturated rings. The summed E-state index contributed by atoms with van der Waals surface area (Å²) in [6.45, 7) is 11.2. The summed E-state index contributed by atoms with van der Waals surface area (Å²) >= 11 is 0. The molecule has 0 aliphatic rings. The zero-order chi connectivity index (χ0) is 10.7. The molecule has 0 saturated carbocycles. The highest BCUT2D eigenvalue weighted by Crippen LogP contribution is 2.28. The predicted molar refractivity (Wildman–Crippen MR) is 63.7 cm³/mol. The van der Waals surface area contributed by atoms with Crippen molar-refractivity contribution >= 4 is 0 Å². The van der Waals surface area contributed by atoms with Gasteiger partial charge in [0.1, 0.15) is 0 Å². The molecular formula is C14H21-. The summed E-state index contributed by atoms with van der Waals surface area (Å²) < 4.78 is 0. The molecule has 0 bridgehead atoms. The average molecular weight is 189 g/mol. The van der Waals surface area contributed by atoms with Crippen molar-refractivity contribution < 1.29 is 0 Å². The van der Waals surface area contributed by atoms with Gasteiger partial charge in [0.25, 0.3) is 0 Å². The van der Waals surface area contributed by atoms with E-state index in [0.29, 0.717) is 11.8 Å². The first-order valence-electron chi connectivity index (χ1n) is 5.50. The van der Waals surface area contributed by atoms with Crippen LogP contribution in [0.1, 0.15) is 63.1 Å². The van der Waals surface area contributed by atoms with Crippen molar-refractivity contribution in [2.24, 2.45) is 0 Å². The van der Waals surface area contributed by atoms with E-state index in [-0.39, 0.29) is 0 Å². The normalized spacial score (nSPS) is 11.1. The highest BCUT2D eigenvalue weighted by atomic mass is 14.2. The van der Waals surface area contributed by atoms with Gasteiger partial charge in [-0.05, 0) is 0 Å². The summed E-state index contributed by atoms with van der Waals surface area (Å²) in [6.07, 6.45) is 2.24. The monoisotopic (exact) mass is 189 g/mol. The van der Waals surface area contributed by atoms with Crippen LogP contribution in [0.15, 0.2) is 18.2 Å². The molecule has 14 heavy (non-hydrogen) atoms. The van der Waals surface area contributed by atoms with Gasteiger partial charge in [-0.25, -0.2) is 0 Å². The number of rotatable bonds is 3. The van der Waals surface area contributed by atoms with Gasteiger partial charge in [-0.1, -0.05) is 52.5 Å². The minimum absolute atomic E-state index is 0.611. The molecule has 1 rings (SSSR count). The Morgan fingerprint density at radius 2 is 1.36 bits per heavy atom. The van der Waals surface area contributed by atoms with Crippen LogP contribution in [0.4, 0.5) is 0 Å². The third-order valence-corrected chi connectivity index (χ3v) is 2.71. The number of benzene rings is 1.